The van der Waals surface area contributed by atoms with Gasteiger partial charge in [-0.15, -0.1) is 0 Å². The first-order valence-corrected chi connectivity index (χ1v) is 9.17. The molecule has 2 aromatic carbocycles. The van der Waals surface area contributed by atoms with Crippen molar-refractivity contribution in [2.75, 3.05) is 12.4 Å². The summed E-state index contributed by atoms with van der Waals surface area (Å²) in [5.74, 6) is 0.0338. The van der Waals surface area contributed by atoms with Crippen LogP contribution < -0.4 is 10.1 Å². The number of aromatic nitrogens is 1. The quantitative estimate of drug-likeness (QED) is 0.548. The van der Waals surface area contributed by atoms with E-state index in [-0.39, 0.29) is 39.6 Å². The second-order valence-electron chi connectivity index (χ2n) is 7.49. The number of hydrogen-bond acceptors (Lipinski definition) is 6. The molecule has 0 saturated carbocycles. The number of carbonyl (C=O) groups is 1. The molecule has 0 spiro atoms. The second kappa shape index (κ2) is 7.67. The number of rotatable bonds is 4. The number of benzene rings is 2. The highest BCUT2D eigenvalue weighted by Gasteiger charge is 2.28. The molecule has 8 heteroatoms. The molecule has 1 amide bonds. The van der Waals surface area contributed by atoms with Crippen LogP contribution in [-0.2, 0) is 4.79 Å². The van der Waals surface area contributed by atoms with Crippen LogP contribution in [0.1, 0.15) is 20.8 Å². The van der Waals surface area contributed by atoms with Crippen LogP contribution in [0.5, 0.6) is 17.2 Å². The third kappa shape index (κ3) is 4.14. The second-order valence-corrected chi connectivity index (χ2v) is 7.90. The lowest BCUT2D eigenvalue weighted by Gasteiger charge is -2.17. The topological polar surface area (TPSA) is 105 Å². The highest BCUT2D eigenvalue weighted by molar-refractivity contribution is 6.32. The number of aromatic hydroxyl groups is 2. The average Bonchev–Trinajstić information content (AvgIpc) is 3.07. The molecular weight excluding hydrogens is 396 g/mol. The molecule has 0 atom stereocenters. The maximum atomic E-state index is 12.5. The zero-order chi connectivity index (χ0) is 21.3. The predicted molar refractivity (Wildman–Crippen MR) is 110 cm³/mol. The highest BCUT2D eigenvalue weighted by Crippen LogP contribution is 2.44. The molecule has 0 aliphatic carbocycles. The van der Waals surface area contributed by atoms with Gasteiger partial charge in [-0.3, -0.25) is 10.1 Å². The van der Waals surface area contributed by atoms with Crippen molar-refractivity contribution in [2.24, 2.45) is 5.41 Å². The lowest BCUT2D eigenvalue weighted by atomic mass is 9.95. The van der Waals surface area contributed by atoms with Crippen molar-refractivity contribution in [3.63, 3.8) is 0 Å². The van der Waals surface area contributed by atoms with Gasteiger partial charge in [-0.05, 0) is 23.8 Å². The van der Waals surface area contributed by atoms with Crippen molar-refractivity contribution in [1.82, 2.24) is 5.16 Å². The molecule has 0 unspecified atom stereocenters. The van der Waals surface area contributed by atoms with Gasteiger partial charge in [0, 0.05) is 17.0 Å². The van der Waals surface area contributed by atoms with E-state index < -0.39 is 5.41 Å². The zero-order valence-corrected chi connectivity index (χ0v) is 17.2. The number of nitrogens with one attached hydrogen (secondary N) is 1. The summed E-state index contributed by atoms with van der Waals surface area (Å²) < 4.78 is 10.6. The van der Waals surface area contributed by atoms with E-state index in [4.69, 9.17) is 20.9 Å². The van der Waals surface area contributed by atoms with Crippen LogP contribution in [0.15, 0.2) is 40.9 Å². The number of phenolic OH excluding ortho intramolecular Hbond substituents is 2. The van der Waals surface area contributed by atoms with Crippen LogP contribution in [0.25, 0.3) is 22.4 Å². The first-order chi connectivity index (χ1) is 13.6. The summed E-state index contributed by atoms with van der Waals surface area (Å²) in [6.45, 7) is 5.33. The van der Waals surface area contributed by atoms with Gasteiger partial charge in [0.15, 0.2) is 0 Å². The highest BCUT2D eigenvalue weighted by atomic mass is 35.5. The minimum absolute atomic E-state index is 0.0433. The van der Waals surface area contributed by atoms with E-state index >= 15 is 0 Å². The van der Waals surface area contributed by atoms with Crippen LogP contribution in [0.3, 0.4) is 0 Å². The molecule has 29 heavy (non-hydrogen) atoms. The van der Waals surface area contributed by atoms with Gasteiger partial charge in [0.1, 0.15) is 22.9 Å². The number of amides is 1. The minimum atomic E-state index is -0.659. The lowest BCUT2D eigenvalue weighted by molar-refractivity contribution is -0.123. The summed E-state index contributed by atoms with van der Waals surface area (Å²) >= 11 is 6.02. The average molecular weight is 417 g/mol. The smallest absolute Gasteiger partial charge is 0.239 e. The number of carbonyl (C=O) groups excluding carboxylic acids is 1. The van der Waals surface area contributed by atoms with Crippen molar-refractivity contribution in [3.05, 3.63) is 41.4 Å². The zero-order valence-electron chi connectivity index (χ0n) is 16.4. The molecule has 0 aliphatic rings. The Labute approximate surface area is 172 Å². The van der Waals surface area contributed by atoms with Crippen molar-refractivity contribution >= 4 is 23.4 Å². The summed E-state index contributed by atoms with van der Waals surface area (Å²) in [7, 11) is 1.56. The molecule has 1 aromatic heterocycles. The maximum Gasteiger partial charge on any atom is 0.239 e. The number of nitrogens with zero attached hydrogens (tertiary/aromatic N) is 1. The van der Waals surface area contributed by atoms with E-state index in [2.05, 4.69) is 10.5 Å². The van der Waals surface area contributed by atoms with Crippen LogP contribution >= 0.6 is 11.6 Å². The Kier molecular flexibility index (Phi) is 5.44. The van der Waals surface area contributed by atoms with Gasteiger partial charge in [-0.25, -0.2) is 0 Å². The number of halogens is 1. The fourth-order valence-electron chi connectivity index (χ4n) is 2.62. The Morgan fingerprint density at radius 3 is 2.38 bits per heavy atom. The first kappa shape index (κ1) is 20.5. The summed E-state index contributed by atoms with van der Waals surface area (Å²) in [5.41, 5.74) is 0.989. The molecule has 0 saturated heterocycles. The van der Waals surface area contributed by atoms with Gasteiger partial charge < -0.3 is 19.5 Å². The molecule has 3 aromatic rings. The van der Waals surface area contributed by atoms with E-state index in [9.17, 15) is 15.0 Å². The van der Waals surface area contributed by atoms with Gasteiger partial charge in [0.25, 0.3) is 0 Å². The van der Waals surface area contributed by atoms with E-state index in [0.29, 0.717) is 16.9 Å². The predicted octanol–water partition coefficient (Wildman–Crippen LogP) is 5.07. The number of ether oxygens (including phenoxy) is 1. The molecular formula is C21H21ClN2O5. The largest absolute Gasteiger partial charge is 0.507 e. The van der Waals surface area contributed by atoms with Crippen LogP contribution in [-0.4, -0.2) is 28.4 Å². The minimum Gasteiger partial charge on any atom is -0.507 e. The molecule has 3 N–H and O–H groups in total. The summed E-state index contributed by atoms with van der Waals surface area (Å²) in [6.07, 6.45) is 0. The summed E-state index contributed by atoms with van der Waals surface area (Å²) in [4.78, 5) is 12.5. The first-order valence-electron chi connectivity index (χ1n) is 8.79. The van der Waals surface area contributed by atoms with E-state index in [1.807, 2.05) is 0 Å². The molecule has 1 heterocycles. The van der Waals surface area contributed by atoms with E-state index in [1.54, 1.807) is 52.1 Å². The van der Waals surface area contributed by atoms with Crippen molar-refractivity contribution in [1.29, 1.82) is 0 Å². The van der Waals surface area contributed by atoms with Crippen LogP contribution in [0, 0.1) is 5.41 Å². The van der Waals surface area contributed by atoms with Crippen molar-refractivity contribution < 1.29 is 24.3 Å². The van der Waals surface area contributed by atoms with Crippen molar-refractivity contribution in [3.8, 4) is 39.6 Å². The monoisotopic (exact) mass is 416 g/mol. The van der Waals surface area contributed by atoms with Gasteiger partial charge in [0.05, 0.1) is 17.7 Å². The molecule has 152 valence electrons. The Morgan fingerprint density at radius 1 is 1.14 bits per heavy atom. The Bertz CT molecular complexity index is 1050. The lowest BCUT2D eigenvalue weighted by Crippen LogP contribution is -2.27. The normalized spacial score (nSPS) is 11.3. The number of anilines is 1. The standard InChI is InChI=1S/C21H21ClN2O5/c1-21(2,3)20(27)23-19-17(11-5-7-12(28-4)8-6-11)18(24-29-19)13-9-14(22)16(26)10-15(13)25/h5-10,25-26H,1-4H3,(H,23,27). The van der Waals surface area contributed by atoms with Crippen LogP contribution in [0.4, 0.5) is 5.88 Å². The Hall–Kier alpha value is -3.19. The summed E-state index contributed by atoms with van der Waals surface area (Å²) in [5, 5.41) is 26.9. The molecule has 3 rings (SSSR count). The molecule has 7 nitrogen and oxygen atoms in total. The summed E-state index contributed by atoms with van der Waals surface area (Å²) in [6, 6.07) is 9.57. The van der Waals surface area contributed by atoms with Crippen LogP contribution in [0.2, 0.25) is 5.02 Å². The number of methoxy groups -OCH3 is 1. The number of hydrogen-bond donors (Lipinski definition) is 3. The van der Waals surface area contributed by atoms with Gasteiger partial charge in [-0.2, -0.15) is 0 Å². The van der Waals surface area contributed by atoms with E-state index in [1.165, 1.54) is 6.07 Å². The Morgan fingerprint density at radius 2 is 1.79 bits per heavy atom. The van der Waals surface area contributed by atoms with E-state index in [0.717, 1.165) is 6.07 Å². The number of phenols is 2. The molecule has 0 radical (unpaired) electrons. The third-order valence-corrected chi connectivity index (χ3v) is 4.60. The molecule has 0 fully saturated rings. The third-order valence-electron chi connectivity index (χ3n) is 4.30. The van der Waals surface area contributed by atoms with Gasteiger partial charge in [-0.1, -0.05) is 49.7 Å². The molecule has 0 bridgehead atoms. The van der Waals surface area contributed by atoms with Gasteiger partial charge >= 0.3 is 0 Å². The fraction of sp³-hybridized carbons (Fsp3) is 0.238. The fourth-order valence-corrected chi connectivity index (χ4v) is 2.78. The van der Waals surface area contributed by atoms with Gasteiger partial charge in [0.2, 0.25) is 11.8 Å². The molecule has 0 aliphatic heterocycles. The maximum absolute atomic E-state index is 12.5. The SMILES string of the molecule is COc1ccc(-c2c(-c3cc(Cl)c(O)cc3O)noc2NC(=O)C(C)(C)C)cc1. The van der Waals surface area contributed by atoms with Crippen molar-refractivity contribution in [2.45, 2.75) is 20.8 Å². The Balaban J connectivity index is 2.19.